The number of thioether (sulfide) groups is 1. The molecule has 0 aliphatic rings. The summed E-state index contributed by atoms with van der Waals surface area (Å²) in [6, 6.07) is 23.3. The van der Waals surface area contributed by atoms with Crippen LogP contribution in [-0.4, -0.2) is 37.6 Å². The maximum atomic E-state index is 12.2. The van der Waals surface area contributed by atoms with E-state index in [1.807, 2.05) is 65.2 Å². The number of carbonyl (C=O) groups is 1. The third-order valence-electron chi connectivity index (χ3n) is 4.12. The van der Waals surface area contributed by atoms with Crippen molar-refractivity contribution >= 4 is 23.9 Å². The van der Waals surface area contributed by atoms with Crippen molar-refractivity contribution in [1.29, 1.82) is 0 Å². The van der Waals surface area contributed by atoms with Crippen LogP contribution in [0.2, 0.25) is 0 Å². The molecule has 0 radical (unpaired) electrons. The third kappa shape index (κ3) is 4.79. The molecule has 2 aromatic carbocycles. The molecule has 7 nitrogen and oxygen atoms in total. The van der Waals surface area contributed by atoms with Gasteiger partial charge in [-0.3, -0.25) is 14.3 Å². The molecule has 0 aliphatic carbocycles. The number of para-hydroxylation sites is 1. The summed E-state index contributed by atoms with van der Waals surface area (Å²) in [5.41, 5.74) is 5.27. The number of nitrogens with zero attached hydrogens (tertiary/aromatic N) is 5. The number of amides is 1. The number of hydrazone groups is 1. The Morgan fingerprint density at radius 3 is 2.40 bits per heavy atom. The molecule has 148 valence electrons. The molecule has 0 spiro atoms. The molecule has 2 heterocycles. The van der Waals surface area contributed by atoms with Gasteiger partial charge in [0.05, 0.1) is 12.0 Å². The summed E-state index contributed by atoms with van der Waals surface area (Å²) in [5, 5.41) is 13.3. The zero-order valence-electron chi connectivity index (χ0n) is 15.9. The van der Waals surface area contributed by atoms with E-state index in [9.17, 15) is 4.79 Å². The van der Waals surface area contributed by atoms with Gasteiger partial charge in [-0.25, -0.2) is 5.43 Å². The van der Waals surface area contributed by atoms with Gasteiger partial charge in [0.15, 0.2) is 11.0 Å². The van der Waals surface area contributed by atoms with Gasteiger partial charge in [-0.2, -0.15) is 5.10 Å². The standard InChI is InChI=1S/C22H18N6OS/c29-20(25-24-15-17-11-13-23-14-12-17)16-30-22-27-26-21(18-7-3-1-4-8-18)28(22)19-9-5-2-6-10-19/h1-15H,16H2,(H,25,29)/b24-15+. The Morgan fingerprint density at radius 2 is 1.67 bits per heavy atom. The van der Waals surface area contributed by atoms with Crippen LogP contribution in [0.1, 0.15) is 5.56 Å². The Balaban J connectivity index is 1.49. The molecule has 0 atom stereocenters. The molecule has 2 aromatic heterocycles. The van der Waals surface area contributed by atoms with Crippen LogP contribution < -0.4 is 5.43 Å². The van der Waals surface area contributed by atoms with Crippen molar-refractivity contribution in [3.8, 4) is 17.1 Å². The van der Waals surface area contributed by atoms with Gasteiger partial charge in [0.1, 0.15) is 0 Å². The second kappa shape index (κ2) is 9.62. The number of hydrogen-bond acceptors (Lipinski definition) is 6. The average Bonchev–Trinajstić information content (AvgIpc) is 3.23. The minimum atomic E-state index is -0.228. The highest BCUT2D eigenvalue weighted by molar-refractivity contribution is 7.99. The Hall–Kier alpha value is -3.78. The zero-order valence-corrected chi connectivity index (χ0v) is 16.7. The van der Waals surface area contributed by atoms with Gasteiger partial charge in [0.25, 0.3) is 5.91 Å². The molecule has 0 fully saturated rings. The van der Waals surface area contributed by atoms with Crippen molar-refractivity contribution < 1.29 is 4.79 Å². The second-order valence-electron chi connectivity index (χ2n) is 6.21. The van der Waals surface area contributed by atoms with E-state index in [0.29, 0.717) is 5.16 Å². The summed E-state index contributed by atoms with van der Waals surface area (Å²) < 4.78 is 1.95. The Bertz CT molecular complexity index is 1130. The lowest BCUT2D eigenvalue weighted by atomic mass is 10.2. The van der Waals surface area contributed by atoms with Crippen molar-refractivity contribution in [2.75, 3.05) is 5.75 Å². The van der Waals surface area contributed by atoms with Crippen LogP contribution in [0, 0.1) is 0 Å². The average molecular weight is 414 g/mol. The molecule has 0 aliphatic heterocycles. The Kier molecular flexibility index (Phi) is 6.26. The lowest BCUT2D eigenvalue weighted by molar-refractivity contribution is -0.118. The molecule has 0 bridgehead atoms. The van der Waals surface area contributed by atoms with E-state index >= 15 is 0 Å². The van der Waals surface area contributed by atoms with Gasteiger partial charge >= 0.3 is 0 Å². The van der Waals surface area contributed by atoms with Crippen LogP contribution >= 0.6 is 11.8 Å². The van der Waals surface area contributed by atoms with E-state index in [-0.39, 0.29) is 11.7 Å². The monoisotopic (exact) mass is 414 g/mol. The topological polar surface area (TPSA) is 85.1 Å². The minimum absolute atomic E-state index is 0.160. The largest absolute Gasteiger partial charge is 0.272 e. The molecule has 1 N–H and O–H groups in total. The van der Waals surface area contributed by atoms with Crippen LogP contribution in [0.5, 0.6) is 0 Å². The smallest absolute Gasteiger partial charge is 0.250 e. The van der Waals surface area contributed by atoms with Crippen LogP contribution in [0.3, 0.4) is 0 Å². The van der Waals surface area contributed by atoms with Crippen LogP contribution in [0.4, 0.5) is 0 Å². The fourth-order valence-electron chi connectivity index (χ4n) is 2.74. The lowest BCUT2D eigenvalue weighted by Crippen LogP contribution is -2.20. The van der Waals surface area contributed by atoms with E-state index in [4.69, 9.17) is 0 Å². The molecule has 4 rings (SSSR count). The van der Waals surface area contributed by atoms with Gasteiger partial charge in [0.2, 0.25) is 0 Å². The lowest BCUT2D eigenvalue weighted by Gasteiger charge is -2.10. The molecule has 1 amide bonds. The fraction of sp³-hybridized carbons (Fsp3) is 0.0455. The molecule has 4 aromatic rings. The van der Waals surface area contributed by atoms with Gasteiger partial charge in [-0.1, -0.05) is 60.3 Å². The number of aromatic nitrogens is 4. The summed E-state index contributed by atoms with van der Waals surface area (Å²) in [4.78, 5) is 16.2. The van der Waals surface area contributed by atoms with Crippen molar-refractivity contribution in [3.63, 3.8) is 0 Å². The number of pyridine rings is 1. The van der Waals surface area contributed by atoms with Crippen molar-refractivity contribution in [1.82, 2.24) is 25.2 Å². The van der Waals surface area contributed by atoms with Crippen LogP contribution in [0.15, 0.2) is 95.4 Å². The first-order valence-corrected chi connectivity index (χ1v) is 10.2. The zero-order chi connectivity index (χ0) is 20.6. The van der Waals surface area contributed by atoms with Crippen LogP contribution in [-0.2, 0) is 4.79 Å². The first-order valence-electron chi connectivity index (χ1n) is 9.22. The quantitative estimate of drug-likeness (QED) is 0.284. The van der Waals surface area contributed by atoms with Crippen molar-refractivity contribution in [2.24, 2.45) is 5.10 Å². The van der Waals surface area contributed by atoms with Gasteiger partial charge in [0, 0.05) is 23.6 Å². The number of nitrogens with one attached hydrogen (secondary N) is 1. The number of hydrogen-bond donors (Lipinski definition) is 1. The SMILES string of the molecule is O=C(CSc1nnc(-c2ccccc2)n1-c1ccccc1)N/N=C/c1ccncc1. The second-order valence-corrected chi connectivity index (χ2v) is 7.15. The maximum absolute atomic E-state index is 12.2. The van der Waals surface area contributed by atoms with Gasteiger partial charge in [-0.15, -0.1) is 10.2 Å². The van der Waals surface area contributed by atoms with E-state index < -0.39 is 0 Å². The number of rotatable bonds is 7. The van der Waals surface area contributed by atoms with E-state index in [0.717, 1.165) is 22.6 Å². The fourth-order valence-corrected chi connectivity index (χ4v) is 3.48. The third-order valence-corrected chi connectivity index (χ3v) is 5.05. The summed E-state index contributed by atoms with van der Waals surface area (Å²) in [6.07, 6.45) is 4.91. The van der Waals surface area contributed by atoms with Gasteiger partial charge in [-0.05, 0) is 29.8 Å². The highest BCUT2D eigenvalue weighted by Gasteiger charge is 2.16. The molecular weight excluding hydrogens is 396 g/mol. The molecule has 30 heavy (non-hydrogen) atoms. The summed E-state index contributed by atoms with van der Waals surface area (Å²) >= 11 is 1.31. The maximum Gasteiger partial charge on any atom is 0.250 e. The number of benzene rings is 2. The van der Waals surface area contributed by atoms with Crippen molar-refractivity contribution in [3.05, 3.63) is 90.8 Å². The first-order chi connectivity index (χ1) is 14.8. The van der Waals surface area contributed by atoms with Gasteiger partial charge < -0.3 is 0 Å². The van der Waals surface area contributed by atoms with Crippen LogP contribution in [0.25, 0.3) is 17.1 Å². The Morgan fingerprint density at radius 1 is 0.967 bits per heavy atom. The number of carbonyl (C=O) groups excluding carboxylic acids is 1. The predicted molar refractivity (Wildman–Crippen MR) is 117 cm³/mol. The van der Waals surface area contributed by atoms with E-state index in [2.05, 4.69) is 25.7 Å². The minimum Gasteiger partial charge on any atom is -0.272 e. The summed E-state index contributed by atoms with van der Waals surface area (Å²) in [6.45, 7) is 0. The normalized spacial score (nSPS) is 10.9. The molecule has 0 saturated heterocycles. The van der Waals surface area contributed by atoms with E-state index in [1.54, 1.807) is 30.7 Å². The summed E-state index contributed by atoms with van der Waals surface area (Å²) in [7, 11) is 0. The molecular formula is C22H18N6OS. The highest BCUT2D eigenvalue weighted by atomic mass is 32.2. The molecule has 8 heteroatoms. The highest BCUT2D eigenvalue weighted by Crippen LogP contribution is 2.27. The molecule has 0 unspecified atom stereocenters. The van der Waals surface area contributed by atoms with E-state index in [1.165, 1.54) is 11.8 Å². The molecule has 0 saturated carbocycles. The Labute approximate surface area is 177 Å². The van der Waals surface area contributed by atoms with Crippen molar-refractivity contribution in [2.45, 2.75) is 5.16 Å². The summed E-state index contributed by atoms with van der Waals surface area (Å²) in [5.74, 6) is 0.655. The predicted octanol–water partition coefficient (Wildman–Crippen LogP) is 3.57. The first kappa shape index (κ1) is 19.5.